The summed E-state index contributed by atoms with van der Waals surface area (Å²) < 4.78 is 13.1. The number of aromatic hydroxyl groups is 2. The van der Waals surface area contributed by atoms with Crippen LogP contribution in [0, 0.1) is 22.7 Å². The molecule has 25 heavy (non-hydrogen) atoms. The van der Waals surface area contributed by atoms with Gasteiger partial charge >= 0.3 is 0 Å². The van der Waals surface area contributed by atoms with Gasteiger partial charge in [0.05, 0.1) is 5.56 Å². The zero-order chi connectivity index (χ0) is 18.2. The molecule has 1 aromatic rings. The third-order valence-electron chi connectivity index (χ3n) is 7.99. The Morgan fingerprint density at radius 1 is 1.04 bits per heavy atom. The van der Waals surface area contributed by atoms with Gasteiger partial charge in [-0.05, 0) is 53.6 Å². The molecular formula is C21H30O3S. The molecule has 0 radical (unpaired) electrons. The summed E-state index contributed by atoms with van der Waals surface area (Å²) >= 11 is -1.17. The van der Waals surface area contributed by atoms with Crippen LogP contribution in [0.5, 0.6) is 11.5 Å². The monoisotopic (exact) mass is 362 g/mol. The highest BCUT2D eigenvalue weighted by molar-refractivity contribution is 7.91. The molecule has 2 aliphatic carbocycles. The van der Waals surface area contributed by atoms with Gasteiger partial charge in [0, 0.05) is 23.5 Å². The van der Waals surface area contributed by atoms with Gasteiger partial charge in [-0.2, -0.15) is 0 Å². The Kier molecular flexibility index (Phi) is 3.73. The van der Waals surface area contributed by atoms with Gasteiger partial charge < -0.3 is 14.8 Å². The molecule has 0 aromatic heterocycles. The smallest absolute Gasteiger partial charge is 0.163 e. The summed E-state index contributed by atoms with van der Waals surface area (Å²) in [5, 5.41) is 20.5. The molecule has 4 rings (SSSR count). The van der Waals surface area contributed by atoms with Gasteiger partial charge in [0.25, 0.3) is 0 Å². The van der Waals surface area contributed by atoms with E-state index in [1.165, 1.54) is 25.3 Å². The molecule has 0 bridgehead atoms. The van der Waals surface area contributed by atoms with Crippen molar-refractivity contribution in [2.75, 3.05) is 5.75 Å². The lowest BCUT2D eigenvalue weighted by atomic mass is 9.43. The van der Waals surface area contributed by atoms with E-state index in [9.17, 15) is 14.8 Å². The van der Waals surface area contributed by atoms with Gasteiger partial charge in [0.15, 0.2) is 4.90 Å². The number of hydrogen-bond donors (Lipinski definition) is 2. The van der Waals surface area contributed by atoms with Crippen molar-refractivity contribution in [2.24, 2.45) is 22.7 Å². The maximum Gasteiger partial charge on any atom is 0.163 e. The second kappa shape index (κ2) is 5.32. The Balaban J connectivity index is 1.88. The SMILES string of the molecule is CC1(C)CCC[C@]2(C)[C@H]3C[S+]([O-])c4cc(O)cc(O)c4[C@]3(C)CC[C@@H]12. The molecular weight excluding hydrogens is 332 g/mol. The zero-order valence-corrected chi connectivity index (χ0v) is 16.6. The number of benzene rings is 1. The maximum absolute atomic E-state index is 13.1. The average molecular weight is 363 g/mol. The van der Waals surface area contributed by atoms with Crippen LogP contribution in [-0.4, -0.2) is 20.5 Å². The van der Waals surface area contributed by atoms with Crippen LogP contribution in [0.25, 0.3) is 0 Å². The molecule has 1 aromatic carbocycles. The molecule has 2 N–H and O–H groups in total. The maximum atomic E-state index is 13.1. The molecule has 1 aliphatic heterocycles. The van der Waals surface area contributed by atoms with Gasteiger partial charge in [-0.15, -0.1) is 0 Å². The number of fused-ring (bicyclic) bond motifs is 5. The summed E-state index contributed by atoms with van der Waals surface area (Å²) in [6.45, 7) is 9.48. The Bertz CT molecular complexity index is 715. The number of hydrogen-bond acceptors (Lipinski definition) is 3. The van der Waals surface area contributed by atoms with Crippen LogP contribution in [0.1, 0.15) is 65.4 Å². The Morgan fingerprint density at radius 3 is 2.48 bits per heavy atom. The van der Waals surface area contributed by atoms with E-state index in [4.69, 9.17) is 0 Å². The predicted octanol–water partition coefficient (Wildman–Crippen LogP) is 4.72. The lowest BCUT2D eigenvalue weighted by molar-refractivity contribution is -0.0984. The molecule has 0 spiro atoms. The molecule has 138 valence electrons. The van der Waals surface area contributed by atoms with E-state index in [-0.39, 0.29) is 22.3 Å². The number of rotatable bonds is 0. The fourth-order valence-corrected chi connectivity index (χ4v) is 8.95. The van der Waals surface area contributed by atoms with E-state index in [1.54, 1.807) is 6.07 Å². The van der Waals surface area contributed by atoms with Crippen LogP contribution in [0.2, 0.25) is 0 Å². The zero-order valence-electron chi connectivity index (χ0n) is 15.8. The summed E-state index contributed by atoms with van der Waals surface area (Å²) in [6.07, 6.45) is 5.86. The van der Waals surface area contributed by atoms with Crippen molar-refractivity contribution in [1.29, 1.82) is 0 Å². The van der Waals surface area contributed by atoms with Crippen LogP contribution in [0.3, 0.4) is 0 Å². The normalized spacial score (nSPS) is 42.2. The second-order valence-corrected chi connectivity index (χ2v) is 11.2. The van der Waals surface area contributed by atoms with Gasteiger partial charge in [0.2, 0.25) is 0 Å². The highest BCUT2D eigenvalue weighted by Crippen LogP contribution is 2.67. The van der Waals surface area contributed by atoms with Crippen LogP contribution in [0.15, 0.2) is 17.0 Å². The van der Waals surface area contributed by atoms with Crippen molar-refractivity contribution in [2.45, 2.75) is 70.1 Å². The average Bonchev–Trinajstić information content (AvgIpc) is 2.48. The third kappa shape index (κ3) is 2.29. The van der Waals surface area contributed by atoms with E-state index in [0.717, 1.165) is 18.4 Å². The first-order valence-corrected chi connectivity index (χ1v) is 10.9. The lowest BCUT2D eigenvalue weighted by Crippen LogP contribution is -2.59. The number of phenols is 2. The van der Waals surface area contributed by atoms with E-state index >= 15 is 0 Å². The summed E-state index contributed by atoms with van der Waals surface area (Å²) in [5.41, 5.74) is 1.15. The third-order valence-corrected chi connectivity index (χ3v) is 9.44. The topological polar surface area (TPSA) is 63.5 Å². The molecule has 5 atom stereocenters. The molecule has 4 heteroatoms. The summed E-state index contributed by atoms with van der Waals surface area (Å²) in [6, 6.07) is 3.02. The molecule has 1 unspecified atom stereocenters. The summed E-state index contributed by atoms with van der Waals surface area (Å²) in [5.74, 6) is 1.72. The predicted molar refractivity (Wildman–Crippen MR) is 100 cm³/mol. The van der Waals surface area contributed by atoms with Crippen molar-refractivity contribution in [3.8, 4) is 11.5 Å². The second-order valence-electron chi connectivity index (χ2n) is 9.76. The Morgan fingerprint density at radius 2 is 1.76 bits per heavy atom. The molecule has 3 aliphatic rings. The fraction of sp³-hybridized carbons (Fsp3) is 0.714. The molecule has 1 heterocycles. The largest absolute Gasteiger partial charge is 0.611 e. The molecule has 0 saturated heterocycles. The van der Waals surface area contributed by atoms with Gasteiger partial charge in [-0.25, -0.2) is 0 Å². The first-order chi connectivity index (χ1) is 11.6. The Hall–Kier alpha value is -0.870. The first kappa shape index (κ1) is 17.5. The minimum Gasteiger partial charge on any atom is -0.611 e. The van der Waals surface area contributed by atoms with E-state index < -0.39 is 11.2 Å². The van der Waals surface area contributed by atoms with E-state index in [0.29, 0.717) is 27.9 Å². The number of phenolic OH excluding ortho intramolecular Hbond substituents is 2. The summed E-state index contributed by atoms with van der Waals surface area (Å²) in [7, 11) is 0. The van der Waals surface area contributed by atoms with Crippen molar-refractivity contribution < 1.29 is 14.8 Å². The highest BCUT2D eigenvalue weighted by atomic mass is 32.2. The van der Waals surface area contributed by atoms with Crippen LogP contribution in [-0.2, 0) is 16.6 Å². The van der Waals surface area contributed by atoms with Crippen molar-refractivity contribution >= 4 is 11.2 Å². The van der Waals surface area contributed by atoms with E-state index in [1.807, 2.05) is 0 Å². The standard InChI is InChI=1S/C21H30O3S/c1-19(2)7-5-8-20(3)16(19)6-9-21(4)17(20)12-25(24)15-11-13(22)10-14(23)18(15)21/h10-11,16-17,22-23H,5-9,12H2,1-4H3/t16-,17+,20-,21+,25?/m0/s1. The summed E-state index contributed by atoms with van der Waals surface area (Å²) in [4.78, 5) is 0.647. The molecule has 2 fully saturated rings. The first-order valence-electron chi connectivity index (χ1n) is 9.54. The van der Waals surface area contributed by atoms with Crippen molar-refractivity contribution in [3.05, 3.63) is 17.7 Å². The quantitative estimate of drug-likeness (QED) is 0.656. The minimum absolute atomic E-state index is 0.00495. The van der Waals surface area contributed by atoms with Crippen LogP contribution in [0.4, 0.5) is 0 Å². The van der Waals surface area contributed by atoms with Gasteiger partial charge in [-0.1, -0.05) is 34.1 Å². The molecule has 2 saturated carbocycles. The van der Waals surface area contributed by atoms with Gasteiger partial charge in [0.1, 0.15) is 17.3 Å². The van der Waals surface area contributed by atoms with Crippen molar-refractivity contribution in [3.63, 3.8) is 0 Å². The van der Waals surface area contributed by atoms with E-state index in [2.05, 4.69) is 27.7 Å². The van der Waals surface area contributed by atoms with Gasteiger partial charge in [-0.3, -0.25) is 0 Å². The molecule has 0 amide bonds. The minimum atomic E-state index is -1.17. The molecule has 3 nitrogen and oxygen atoms in total. The Labute approximate surface area is 154 Å². The van der Waals surface area contributed by atoms with Crippen LogP contribution >= 0.6 is 0 Å². The van der Waals surface area contributed by atoms with Crippen molar-refractivity contribution in [1.82, 2.24) is 0 Å². The fourth-order valence-electron chi connectivity index (χ4n) is 6.90. The highest BCUT2D eigenvalue weighted by Gasteiger charge is 2.63. The van der Waals surface area contributed by atoms with Crippen LogP contribution < -0.4 is 0 Å². The lowest BCUT2D eigenvalue weighted by Gasteiger charge is -2.63.